The Hall–Kier alpha value is -2.47. The van der Waals surface area contributed by atoms with E-state index in [1.807, 2.05) is 44.2 Å². The van der Waals surface area contributed by atoms with Crippen molar-refractivity contribution in [2.75, 3.05) is 5.32 Å². The van der Waals surface area contributed by atoms with Gasteiger partial charge in [0.05, 0.1) is 5.56 Å². The molecule has 2 rings (SSSR count). The Bertz CT molecular complexity index is 576. The molecule has 1 aromatic carbocycles. The van der Waals surface area contributed by atoms with Crippen LogP contribution in [0.3, 0.4) is 0 Å². The molecule has 1 amide bonds. The predicted molar refractivity (Wildman–Crippen MR) is 78.6 cm³/mol. The van der Waals surface area contributed by atoms with Crippen LogP contribution >= 0.6 is 0 Å². The number of nitrogens with one attached hydrogen (secondary N) is 2. The van der Waals surface area contributed by atoms with Gasteiger partial charge in [-0.15, -0.1) is 0 Å². The standard InChI is InChI=1S/C13H12FN3O2.C2H6/c14-11-6-10(13(18)17-19)8-16-12(11)15-7-9-4-2-1-3-5-9;1-2/h1-6,8,19H,7H2,(H,15,16)(H,17,18);1-2H3. The summed E-state index contributed by atoms with van der Waals surface area (Å²) < 4.78 is 13.7. The van der Waals surface area contributed by atoms with Gasteiger partial charge >= 0.3 is 0 Å². The summed E-state index contributed by atoms with van der Waals surface area (Å²) in [6, 6.07) is 10.5. The molecule has 0 aliphatic carbocycles. The van der Waals surface area contributed by atoms with Gasteiger partial charge in [0, 0.05) is 12.7 Å². The molecule has 3 N–H and O–H groups in total. The van der Waals surface area contributed by atoms with Crippen molar-refractivity contribution in [3.63, 3.8) is 0 Å². The molecule has 0 atom stereocenters. The maximum Gasteiger partial charge on any atom is 0.276 e. The molecule has 112 valence electrons. The average molecular weight is 291 g/mol. The Morgan fingerprint density at radius 2 is 1.95 bits per heavy atom. The van der Waals surface area contributed by atoms with Crippen molar-refractivity contribution in [1.29, 1.82) is 0 Å². The van der Waals surface area contributed by atoms with Crippen LogP contribution in [-0.4, -0.2) is 16.1 Å². The number of pyridine rings is 1. The number of halogens is 1. The highest BCUT2D eigenvalue weighted by molar-refractivity contribution is 5.93. The van der Waals surface area contributed by atoms with Crippen LogP contribution in [0.5, 0.6) is 0 Å². The Balaban J connectivity index is 0.00000106. The fraction of sp³-hybridized carbons (Fsp3) is 0.200. The number of carbonyl (C=O) groups excluding carboxylic acids is 1. The molecule has 2 aromatic rings. The monoisotopic (exact) mass is 291 g/mol. The number of benzene rings is 1. The molecule has 5 nitrogen and oxygen atoms in total. The van der Waals surface area contributed by atoms with Crippen LogP contribution in [0.1, 0.15) is 29.8 Å². The smallest absolute Gasteiger partial charge is 0.276 e. The summed E-state index contributed by atoms with van der Waals surface area (Å²) >= 11 is 0. The molecule has 6 heteroatoms. The van der Waals surface area contributed by atoms with Gasteiger partial charge in [-0.2, -0.15) is 0 Å². The third-order valence-electron chi connectivity index (χ3n) is 2.51. The SMILES string of the molecule is CC.O=C(NO)c1cnc(NCc2ccccc2)c(F)c1. The molecule has 0 aliphatic rings. The van der Waals surface area contributed by atoms with E-state index in [-0.39, 0.29) is 11.4 Å². The minimum Gasteiger partial charge on any atom is -0.364 e. The quantitative estimate of drug-likeness (QED) is 0.598. The van der Waals surface area contributed by atoms with Crippen LogP contribution in [0.4, 0.5) is 10.2 Å². The van der Waals surface area contributed by atoms with E-state index in [9.17, 15) is 9.18 Å². The van der Waals surface area contributed by atoms with Crippen molar-refractivity contribution in [3.05, 3.63) is 59.5 Å². The van der Waals surface area contributed by atoms with Gasteiger partial charge in [-0.3, -0.25) is 10.0 Å². The Morgan fingerprint density at radius 1 is 1.29 bits per heavy atom. The third-order valence-corrected chi connectivity index (χ3v) is 2.51. The molecule has 0 aliphatic heterocycles. The van der Waals surface area contributed by atoms with Gasteiger partial charge in [-0.25, -0.2) is 14.9 Å². The van der Waals surface area contributed by atoms with Crippen molar-refractivity contribution in [2.24, 2.45) is 0 Å². The number of amides is 1. The van der Waals surface area contributed by atoms with E-state index in [4.69, 9.17) is 5.21 Å². The summed E-state index contributed by atoms with van der Waals surface area (Å²) in [5, 5.41) is 11.3. The highest BCUT2D eigenvalue weighted by Gasteiger charge is 2.10. The zero-order valence-electron chi connectivity index (χ0n) is 11.9. The maximum atomic E-state index is 13.7. The van der Waals surface area contributed by atoms with E-state index in [2.05, 4.69) is 10.3 Å². The lowest BCUT2D eigenvalue weighted by Crippen LogP contribution is -2.19. The normalized spacial score (nSPS) is 9.33. The summed E-state index contributed by atoms with van der Waals surface area (Å²) in [6.07, 6.45) is 1.18. The number of rotatable bonds is 4. The van der Waals surface area contributed by atoms with Crippen molar-refractivity contribution in [2.45, 2.75) is 20.4 Å². The van der Waals surface area contributed by atoms with E-state index in [0.29, 0.717) is 6.54 Å². The molecule has 1 aromatic heterocycles. The van der Waals surface area contributed by atoms with Gasteiger partial charge in [0.25, 0.3) is 5.91 Å². The fourth-order valence-corrected chi connectivity index (χ4v) is 1.54. The number of nitrogens with zero attached hydrogens (tertiary/aromatic N) is 1. The molecule has 21 heavy (non-hydrogen) atoms. The summed E-state index contributed by atoms with van der Waals surface area (Å²) in [5.41, 5.74) is 2.36. The van der Waals surface area contributed by atoms with Crippen LogP contribution in [0.25, 0.3) is 0 Å². The first-order valence-electron chi connectivity index (χ1n) is 6.58. The van der Waals surface area contributed by atoms with E-state index in [0.717, 1.165) is 11.6 Å². The van der Waals surface area contributed by atoms with Gasteiger partial charge in [-0.1, -0.05) is 44.2 Å². The summed E-state index contributed by atoms with van der Waals surface area (Å²) in [4.78, 5) is 14.9. The molecule has 0 fully saturated rings. The average Bonchev–Trinajstić information content (AvgIpc) is 2.55. The summed E-state index contributed by atoms with van der Waals surface area (Å²) in [7, 11) is 0. The second-order valence-electron chi connectivity index (χ2n) is 3.83. The zero-order valence-corrected chi connectivity index (χ0v) is 11.9. The molecule has 0 saturated heterocycles. The van der Waals surface area contributed by atoms with Crippen LogP contribution < -0.4 is 10.8 Å². The van der Waals surface area contributed by atoms with Gasteiger partial charge < -0.3 is 5.32 Å². The van der Waals surface area contributed by atoms with Gasteiger partial charge in [0.2, 0.25) is 0 Å². The lowest BCUT2D eigenvalue weighted by atomic mass is 10.2. The molecule has 0 spiro atoms. The van der Waals surface area contributed by atoms with E-state index >= 15 is 0 Å². The number of hydroxylamine groups is 1. The van der Waals surface area contributed by atoms with Crippen molar-refractivity contribution < 1.29 is 14.4 Å². The maximum absolute atomic E-state index is 13.7. The van der Waals surface area contributed by atoms with Crippen LogP contribution in [0.15, 0.2) is 42.6 Å². The summed E-state index contributed by atoms with van der Waals surface area (Å²) in [5.74, 6) is -1.41. The van der Waals surface area contributed by atoms with Crippen LogP contribution in [0, 0.1) is 5.82 Å². The first-order chi connectivity index (χ1) is 10.2. The zero-order chi connectivity index (χ0) is 15.7. The van der Waals surface area contributed by atoms with Gasteiger partial charge in [-0.05, 0) is 11.6 Å². The van der Waals surface area contributed by atoms with Crippen LogP contribution in [-0.2, 0) is 6.54 Å². The molecule has 1 heterocycles. The molecule has 0 unspecified atom stereocenters. The lowest BCUT2D eigenvalue weighted by molar-refractivity contribution is 0.0705. The van der Waals surface area contributed by atoms with Crippen molar-refractivity contribution in [1.82, 2.24) is 10.5 Å². The second-order valence-corrected chi connectivity index (χ2v) is 3.83. The fourth-order valence-electron chi connectivity index (χ4n) is 1.54. The number of aromatic nitrogens is 1. The number of anilines is 1. The molecule has 0 bridgehead atoms. The predicted octanol–water partition coefficient (Wildman–Crippen LogP) is 2.98. The van der Waals surface area contributed by atoms with Gasteiger partial charge in [0.1, 0.15) is 0 Å². The van der Waals surface area contributed by atoms with Crippen molar-refractivity contribution in [3.8, 4) is 0 Å². The Kier molecular flexibility index (Phi) is 6.83. The first-order valence-corrected chi connectivity index (χ1v) is 6.58. The minimum atomic E-state index is -0.805. The Morgan fingerprint density at radius 3 is 2.52 bits per heavy atom. The second kappa shape index (κ2) is 8.65. The number of hydrogen-bond acceptors (Lipinski definition) is 4. The molecule has 0 saturated carbocycles. The lowest BCUT2D eigenvalue weighted by Gasteiger charge is -2.07. The first kappa shape index (κ1) is 16.6. The highest BCUT2D eigenvalue weighted by Crippen LogP contribution is 2.13. The van der Waals surface area contributed by atoms with Crippen LogP contribution in [0.2, 0.25) is 0 Å². The Labute approximate surface area is 122 Å². The van der Waals surface area contributed by atoms with E-state index in [1.165, 1.54) is 11.7 Å². The topological polar surface area (TPSA) is 74.2 Å². The third kappa shape index (κ3) is 4.85. The molecular weight excluding hydrogens is 273 g/mol. The minimum absolute atomic E-state index is 0.0507. The number of hydrogen-bond donors (Lipinski definition) is 3. The van der Waals surface area contributed by atoms with E-state index in [1.54, 1.807) is 0 Å². The molecule has 0 radical (unpaired) electrons. The van der Waals surface area contributed by atoms with Crippen molar-refractivity contribution >= 4 is 11.7 Å². The van der Waals surface area contributed by atoms with Gasteiger partial charge in [0.15, 0.2) is 11.6 Å². The molecular formula is C15H18FN3O2. The number of carbonyl (C=O) groups is 1. The largest absolute Gasteiger partial charge is 0.364 e. The van der Waals surface area contributed by atoms with E-state index < -0.39 is 11.7 Å². The summed E-state index contributed by atoms with van der Waals surface area (Å²) in [6.45, 7) is 4.43. The highest BCUT2D eigenvalue weighted by atomic mass is 19.1.